The molecule has 3 aromatic heterocycles. The molecule has 0 spiro atoms. The van der Waals surface area contributed by atoms with Gasteiger partial charge in [0, 0.05) is 54.4 Å². The van der Waals surface area contributed by atoms with Gasteiger partial charge in [-0.25, -0.2) is 9.97 Å². The smallest absolute Gasteiger partial charge is 0.142 e. The summed E-state index contributed by atoms with van der Waals surface area (Å²) in [7, 11) is 0. The minimum absolute atomic E-state index is 0.352. The number of hydrogen-bond donors (Lipinski definition) is 1. The Balaban J connectivity index is 1.29. The zero-order valence-corrected chi connectivity index (χ0v) is 20.6. The monoisotopic (exact) mass is 510 g/mol. The van der Waals surface area contributed by atoms with Crippen LogP contribution in [0.1, 0.15) is 35.7 Å². The number of halogens is 2. The fraction of sp³-hybridized carbons (Fsp3) is 0.280. The Morgan fingerprint density at radius 2 is 1.83 bits per heavy atom. The van der Waals surface area contributed by atoms with Crippen LogP contribution in [0.4, 0.5) is 0 Å². The average Bonchev–Trinajstić information content (AvgIpc) is 3.26. The van der Waals surface area contributed by atoms with Crippen LogP contribution in [0.5, 0.6) is 5.75 Å². The Hall–Kier alpha value is -3.04. The highest BCUT2D eigenvalue weighted by atomic mass is 35.5. The maximum Gasteiger partial charge on any atom is 0.142 e. The lowest BCUT2D eigenvalue weighted by molar-refractivity contribution is 0.0330. The van der Waals surface area contributed by atoms with Crippen LogP contribution < -0.4 is 4.74 Å². The van der Waals surface area contributed by atoms with Crippen LogP contribution in [-0.4, -0.2) is 56.4 Å². The third-order valence-corrected chi connectivity index (χ3v) is 6.40. The fourth-order valence-electron chi connectivity index (χ4n) is 3.95. The number of morpholine rings is 1. The number of ether oxygens (including phenoxy) is 2. The highest BCUT2D eigenvalue weighted by molar-refractivity contribution is 6.35. The number of aromatic nitrogens is 5. The van der Waals surface area contributed by atoms with Gasteiger partial charge in [0.1, 0.15) is 17.7 Å². The van der Waals surface area contributed by atoms with Crippen LogP contribution in [0.15, 0.2) is 43.0 Å². The van der Waals surface area contributed by atoms with Gasteiger partial charge in [-0.2, -0.15) is 5.10 Å². The molecule has 0 aliphatic carbocycles. The van der Waals surface area contributed by atoms with Gasteiger partial charge in [0.25, 0.3) is 0 Å². The van der Waals surface area contributed by atoms with Crippen LogP contribution in [0.3, 0.4) is 0 Å². The highest BCUT2D eigenvalue weighted by Gasteiger charge is 2.17. The average molecular weight is 511 g/mol. The Bertz CT molecular complexity index is 1320. The quantitative estimate of drug-likeness (QED) is 0.365. The van der Waals surface area contributed by atoms with E-state index in [1.54, 1.807) is 12.4 Å². The molecule has 35 heavy (non-hydrogen) atoms. The van der Waals surface area contributed by atoms with E-state index in [0.29, 0.717) is 21.4 Å². The predicted octanol–water partition coefficient (Wildman–Crippen LogP) is 5.20. The SMILES string of the molecule is CC(Oc1ccc2[nH]nc(/C=C/c3cnc(CN4CCOCC4)nc3)c2c1)c1c(Cl)cncc1Cl. The van der Waals surface area contributed by atoms with Crippen LogP contribution in [0.2, 0.25) is 10.0 Å². The zero-order chi connectivity index (χ0) is 24.2. The second-order valence-electron chi connectivity index (χ2n) is 8.25. The first kappa shape index (κ1) is 23.7. The van der Waals surface area contributed by atoms with E-state index in [0.717, 1.165) is 60.8 Å². The first-order chi connectivity index (χ1) is 17.1. The molecule has 8 nitrogen and oxygen atoms in total. The van der Waals surface area contributed by atoms with Crippen molar-refractivity contribution in [2.24, 2.45) is 0 Å². The van der Waals surface area contributed by atoms with Crippen LogP contribution in [0, 0.1) is 0 Å². The maximum atomic E-state index is 6.28. The number of nitrogens with one attached hydrogen (secondary N) is 1. The van der Waals surface area contributed by atoms with Crippen LogP contribution >= 0.6 is 23.2 Å². The van der Waals surface area contributed by atoms with Crippen molar-refractivity contribution in [1.29, 1.82) is 0 Å². The van der Waals surface area contributed by atoms with Gasteiger partial charge in [-0.3, -0.25) is 15.0 Å². The number of fused-ring (bicyclic) bond motifs is 1. The molecule has 1 fully saturated rings. The molecule has 0 saturated carbocycles. The molecule has 1 aliphatic rings. The maximum absolute atomic E-state index is 6.28. The summed E-state index contributed by atoms with van der Waals surface area (Å²) in [5.41, 5.74) is 3.29. The van der Waals surface area contributed by atoms with Gasteiger partial charge in [0.2, 0.25) is 0 Å². The van der Waals surface area contributed by atoms with E-state index in [9.17, 15) is 0 Å². The van der Waals surface area contributed by atoms with Crippen molar-refractivity contribution in [3.63, 3.8) is 0 Å². The third-order valence-electron chi connectivity index (χ3n) is 5.80. The molecule has 1 atom stereocenters. The minimum atomic E-state index is -0.352. The van der Waals surface area contributed by atoms with Gasteiger partial charge < -0.3 is 9.47 Å². The van der Waals surface area contributed by atoms with E-state index < -0.39 is 0 Å². The molecule has 5 rings (SSSR count). The van der Waals surface area contributed by atoms with Crippen molar-refractivity contribution >= 4 is 46.3 Å². The number of benzene rings is 1. The van der Waals surface area contributed by atoms with Crippen molar-refractivity contribution in [2.45, 2.75) is 19.6 Å². The molecule has 0 radical (unpaired) electrons. The van der Waals surface area contributed by atoms with Gasteiger partial charge in [-0.05, 0) is 37.3 Å². The number of pyridine rings is 1. The van der Waals surface area contributed by atoms with Gasteiger partial charge in [0.05, 0.1) is 41.0 Å². The lowest BCUT2D eigenvalue weighted by atomic mass is 10.1. The first-order valence-corrected chi connectivity index (χ1v) is 12.0. The lowest BCUT2D eigenvalue weighted by Gasteiger charge is -2.25. The molecule has 1 N–H and O–H groups in total. The standard InChI is InChI=1S/C25H24Cl2N6O2/c1-16(25-20(26)13-28-14-21(25)27)35-18-3-5-23-19(10-18)22(31-32-23)4-2-17-11-29-24(30-12-17)15-33-6-8-34-9-7-33/h2-5,10-14,16H,6-9,15H2,1H3,(H,31,32)/b4-2+. The minimum Gasteiger partial charge on any atom is -0.486 e. The van der Waals surface area contributed by atoms with E-state index in [2.05, 4.69) is 30.0 Å². The van der Waals surface area contributed by atoms with E-state index in [4.69, 9.17) is 32.7 Å². The molecule has 1 saturated heterocycles. The Morgan fingerprint density at radius 3 is 2.57 bits per heavy atom. The molecule has 4 aromatic rings. The number of H-pyrrole nitrogens is 1. The topological polar surface area (TPSA) is 89.0 Å². The van der Waals surface area contributed by atoms with Crippen LogP contribution in [0.25, 0.3) is 23.1 Å². The Morgan fingerprint density at radius 1 is 1.09 bits per heavy atom. The van der Waals surface area contributed by atoms with E-state index in [-0.39, 0.29) is 6.10 Å². The number of nitrogens with zero attached hydrogens (tertiary/aromatic N) is 5. The molecule has 10 heteroatoms. The van der Waals surface area contributed by atoms with Crippen molar-refractivity contribution in [1.82, 2.24) is 30.0 Å². The highest BCUT2D eigenvalue weighted by Crippen LogP contribution is 2.33. The third kappa shape index (κ3) is 5.62. The summed E-state index contributed by atoms with van der Waals surface area (Å²) in [5, 5.41) is 9.36. The Labute approximate surface area is 212 Å². The summed E-state index contributed by atoms with van der Waals surface area (Å²) in [6.45, 7) is 5.96. The molecule has 1 aromatic carbocycles. The van der Waals surface area contributed by atoms with Gasteiger partial charge in [0.15, 0.2) is 0 Å². The summed E-state index contributed by atoms with van der Waals surface area (Å²) in [4.78, 5) is 15.3. The zero-order valence-electron chi connectivity index (χ0n) is 19.1. The Kier molecular flexibility index (Phi) is 7.24. The second-order valence-corrected chi connectivity index (χ2v) is 9.06. The largest absolute Gasteiger partial charge is 0.486 e. The van der Waals surface area contributed by atoms with Gasteiger partial charge in [-0.15, -0.1) is 0 Å². The number of hydrogen-bond acceptors (Lipinski definition) is 7. The second kappa shape index (κ2) is 10.7. The normalized spacial score (nSPS) is 15.6. The van der Waals surface area contributed by atoms with Crippen molar-refractivity contribution < 1.29 is 9.47 Å². The first-order valence-electron chi connectivity index (χ1n) is 11.3. The molecule has 0 bridgehead atoms. The van der Waals surface area contributed by atoms with Gasteiger partial charge >= 0.3 is 0 Å². The fourth-order valence-corrected chi connectivity index (χ4v) is 4.63. The molecule has 180 valence electrons. The van der Waals surface area contributed by atoms with E-state index >= 15 is 0 Å². The predicted molar refractivity (Wildman–Crippen MR) is 136 cm³/mol. The summed E-state index contributed by atoms with van der Waals surface area (Å²) in [6.07, 6.45) is 10.3. The molecular formula is C25H24Cl2N6O2. The van der Waals surface area contributed by atoms with Crippen molar-refractivity contribution in [2.75, 3.05) is 26.3 Å². The van der Waals surface area contributed by atoms with E-state index in [1.165, 1.54) is 0 Å². The van der Waals surface area contributed by atoms with Crippen molar-refractivity contribution in [3.05, 3.63) is 75.7 Å². The summed E-state index contributed by atoms with van der Waals surface area (Å²) in [5.74, 6) is 1.49. The van der Waals surface area contributed by atoms with Gasteiger partial charge in [-0.1, -0.05) is 23.2 Å². The number of aromatic amines is 1. The van der Waals surface area contributed by atoms with E-state index in [1.807, 2.05) is 49.7 Å². The number of rotatable bonds is 7. The molecule has 1 aliphatic heterocycles. The summed E-state index contributed by atoms with van der Waals surface area (Å²) in [6, 6.07) is 5.76. The van der Waals surface area contributed by atoms with Crippen molar-refractivity contribution in [3.8, 4) is 5.75 Å². The summed E-state index contributed by atoms with van der Waals surface area (Å²) >= 11 is 12.6. The van der Waals surface area contributed by atoms with Crippen LogP contribution in [-0.2, 0) is 11.3 Å². The molecule has 1 unspecified atom stereocenters. The molecule has 4 heterocycles. The lowest BCUT2D eigenvalue weighted by Crippen LogP contribution is -2.36. The summed E-state index contributed by atoms with van der Waals surface area (Å²) < 4.78 is 11.5. The molecule has 0 amide bonds. The molecular weight excluding hydrogens is 487 g/mol.